The van der Waals surface area contributed by atoms with E-state index in [0.29, 0.717) is 5.25 Å². The van der Waals surface area contributed by atoms with Crippen LogP contribution in [0.15, 0.2) is 23.1 Å². The van der Waals surface area contributed by atoms with Gasteiger partial charge in [-0.15, -0.1) is 11.8 Å². The van der Waals surface area contributed by atoms with E-state index >= 15 is 0 Å². The van der Waals surface area contributed by atoms with Crippen molar-refractivity contribution in [3.63, 3.8) is 0 Å². The van der Waals surface area contributed by atoms with E-state index < -0.39 is 0 Å². The van der Waals surface area contributed by atoms with Crippen LogP contribution < -0.4 is 5.32 Å². The largest absolute Gasteiger partial charge is 0.379 e. The number of rotatable bonds is 4. The number of nitrogens with one attached hydrogen (secondary N) is 1. The molecule has 1 saturated heterocycles. The van der Waals surface area contributed by atoms with Crippen molar-refractivity contribution in [2.45, 2.75) is 43.0 Å². The van der Waals surface area contributed by atoms with E-state index in [0.717, 1.165) is 24.8 Å². The Labute approximate surface area is 118 Å². The molecular weight excluding hydrogens is 266 g/mol. The van der Waals surface area contributed by atoms with Crippen LogP contribution in [0, 0.1) is 0 Å². The van der Waals surface area contributed by atoms with Gasteiger partial charge < -0.3 is 10.1 Å². The normalized spacial score (nSPS) is 16.7. The number of ether oxygens (including phenoxy) is 1. The first-order valence-electron chi connectivity index (χ1n) is 6.22. The molecule has 0 amide bonds. The van der Waals surface area contributed by atoms with E-state index in [1.54, 1.807) is 0 Å². The predicted molar refractivity (Wildman–Crippen MR) is 78.5 cm³/mol. The summed E-state index contributed by atoms with van der Waals surface area (Å²) in [6.07, 6.45) is 0. The lowest BCUT2D eigenvalue weighted by molar-refractivity contribution is 0.0455. The molecule has 0 radical (unpaired) electrons. The van der Waals surface area contributed by atoms with Gasteiger partial charge in [-0.1, -0.05) is 11.6 Å². The van der Waals surface area contributed by atoms with E-state index in [2.05, 4.69) is 38.2 Å². The van der Waals surface area contributed by atoms with Gasteiger partial charge in [0.05, 0.1) is 18.5 Å². The van der Waals surface area contributed by atoms with Crippen molar-refractivity contribution in [3.05, 3.63) is 28.8 Å². The van der Waals surface area contributed by atoms with Crippen molar-refractivity contribution >= 4 is 23.4 Å². The molecule has 4 heteroatoms. The van der Waals surface area contributed by atoms with Crippen molar-refractivity contribution in [3.8, 4) is 0 Å². The molecule has 100 valence electrons. The molecule has 1 fully saturated rings. The van der Waals surface area contributed by atoms with Gasteiger partial charge in [0.25, 0.3) is 0 Å². The molecule has 0 aromatic heterocycles. The Morgan fingerprint density at radius 3 is 2.67 bits per heavy atom. The van der Waals surface area contributed by atoms with Gasteiger partial charge in [0.1, 0.15) is 0 Å². The highest BCUT2D eigenvalue weighted by Crippen LogP contribution is 2.32. The van der Waals surface area contributed by atoms with Crippen molar-refractivity contribution in [2.24, 2.45) is 0 Å². The summed E-state index contributed by atoms with van der Waals surface area (Å²) in [7, 11) is 0. The molecular formula is C14H20ClNOS. The summed E-state index contributed by atoms with van der Waals surface area (Å²) >= 11 is 7.98. The Morgan fingerprint density at radius 2 is 2.11 bits per heavy atom. The van der Waals surface area contributed by atoms with Gasteiger partial charge in [-0.2, -0.15) is 0 Å². The molecule has 2 rings (SSSR count). The Hall–Kier alpha value is -0.220. The Kier molecular flexibility index (Phi) is 4.59. The third kappa shape index (κ3) is 4.16. The van der Waals surface area contributed by atoms with Gasteiger partial charge in [-0.3, -0.25) is 0 Å². The molecule has 0 saturated carbocycles. The summed E-state index contributed by atoms with van der Waals surface area (Å²) in [4.78, 5) is 1.31. The summed E-state index contributed by atoms with van der Waals surface area (Å²) in [6.45, 7) is 9.08. The zero-order chi connectivity index (χ0) is 13.2. The molecule has 0 atom stereocenters. The van der Waals surface area contributed by atoms with Crippen LogP contribution in [0.4, 0.5) is 0 Å². The number of thioether (sulfide) groups is 1. The third-order valence-corrected chi connectivity index (χ3v) is 4.23. The minimum Gasteiger partial charge on any atom is -0.379 e. The first kappa shape index (κ1) is 14.2. The smallest absolute Gasteiger partial charge is 0.0611 e. The van der Waals surface area contributed by atoms with Crippen molar-refractivity contribution in [2.75, 3.05) is 13.2 Å². The quantitative estimate of drug-likeness (QED) is 0.911. The highest BCUT2D eigenvalue weighted by Gasteiger charge is 2.21. The van der Waals surface area contributed by atoms with Crippen molar-refractivity contribution in [1.82, 2.24) is 5.32 Å². The van der Waals surface area contributed by atoms with Gasteiger partial charge in [-0.05, 0) is 44.5 Å². The average Bonchev–Trinajstić information content (AvgIpc) is 2.21. The highest BCUT2D eigenvalue weighted by atomic mass is 35.5. The molecule has 1 heterocycles. The molecule has 0 unspecified atom stereocenters. The lowest BCUT2D eigenvalue weighted by atomic mass is 10.1. The van der Waals surface area contributed by atoms with Crippen LogP contribution in [0.1, 0.15) is 26.3 Å². The maximum Gasteiger partial charge on any atom is 0.0611 e. The van der Waals surface area contributed by atoms with Crippen molar-refractivity contribution in [1.29, 1.82) is 0 Å². The Bertz CT molecular complexity index is 413. The number of halogens is 1. The van der Waals surface area contributed by atoms with Crippen LogP contribution in [-0.2, 0) is 11.3 Å². The molecule has 2 nitrogen and oxygen atoms in total. The zero-order valence-electron chi connectivity index (χ0n) is 11.1. The second-order valence-electron chi connectivity index (χ2n) is 5.63. The highest BCUT2D eigenvalue weighted by molar-refractivity contribution is 8.00. The number of hydrogen-bond acceptors (Lipinski definition) is 3. The molecule has 1 aliphatic heterocycles. The van der Waals surface area contributed by atoms with E-state index in [9.17, 15) is 0 Å². The van der Waals surface area contributed by atoms with Crippen LogP contribution in [0.2, 0.25) is 5.02 Å². The monoisotopic (exact) mass is 285 g/mol. The standard InChI is InChI=1S/C14H20ClNOS/c1-14(2,3)16-7-10-6-11(15)4-5-13(10)18-12-8-17-9-12/h4-6,12,16H,7-9H2,1-3H3. The van der Waals surface area contributed by atoms with Crippen LogP contribution in [0.5, 0.6) is 0 Å². The predicted octanol–water partition coefficient (Wildman–Crippen LogP) is 3.72. The van der Waals surface area contributed by atoms with Crippen LogP contribution in [0.25, 0.3) is 0 Å². The summed E-state index contributed by atoms with van der Waals surface area (Å²) in [5.41, 5.74) is 1.39. The van der Waals surface area contributed by atoms with Crippen LogP contribution in [0.3, 0.4) is 0 Å². The van der Waals surface area contributed by atoms with Gasteiger partial charge in [-0.25, -0.2) is 0 Å². The maximum absolute atomic E-state index is 6.09. The topological polar surface area (TPSA) is 21.3 Å². The first-order valence-corrected chi connectivity index (χ1v) is 7.48. The summed E-state index contributed by atoms with van der Waals surface area (Å²) in [6, 6.07) is 6.14. The molecule has 0 aliphatic carbocycles. The van der Waals surface area contributed by atoms with Gasteiger partial charge in [0.15, 0.2) is 0 Å². The fraction of sp³-hybridized carbons (Fsp3) is 0.571. The molecule has 1 aromatic carbocycles. The van der Waals surface area contributed by atoms with Gasteiger partial charge in [0, 0.05) is 22.0 Å². The second-order valence-corrected chi connectivity index (χ2v) is 7.41. The summed E-state index contributed by atoms with van der Waals surface area (Å²) < 4.78 is 5.22. The molecule has 18 heavy (non-hydrogen) atoms. The zero-order valence-corrected chi connectivity index (χ0v) is 12.7. The first-order chi connectivity index (χ1) is 8.44. The lowest BCUT2D eigenvalue weighted by Gasteiger charge is -2.27. The molecule has 1 aliphatic rings. The van der Waals surface area contributed by atoms with E-state index in [1.807, 2.05) is 17.8 Å². The van der Waals surface area contributed by atoms with Crippen LogP contribution >= 0.6 is 23.4 Å². The fourth-order valence-corrected chi connectivity index (χ4v) is 2.93. The number of benzene rings is 1. The average molecular weight is 286 g/mol. The van der Waals surface area contributed by atoms with Crippen LogP contribution in [-0.4, -0.2) is 24.0 Å². The second kappa shape index (κ2) is 5.83. The van der Waals surface area contributed by atoms with E-state index in [1.165, 1.54) is 10.5 Å². The molecule has 0 spiro atoms. The van der Waals surface area contributed by atoms with E-state index in [4.69, 9.17) is 16.3 Å². The lowest BCUT2D eigenvalue weighted by Crippen LogP contribution is -2.35. The number of hydrogen-bond donors (Lipinski definition) is 1. The fourth-order valence-electron chi connectivity index (χ4n) is 1.62. The van der Waals surface area contributed by atoms with Crippen molar-refractivity contribution < 1.29 is 4.74 Å². The van der Waals surface area contributed by atoms with Gasteiger partial charge >= 0.3 is 0 Å². The Morgan fingerprint density at radius 1 is 1.39 bits per heavy atom. The summed E-state index contributed by atoms with van der Waals surface area (Å²) in [5.74, 6) is 0. The maximum atomic E-state index is 6.09. The SMILES string of the molecule is CC(C)(C)NCc1cc(Cl)ccc1SC1COC1. The molecule has 1 N–H and O–H groups in total. The molecule has 1 aromatic rings. The third-order valence-electron chi connectivity index (χ3n) is 2.73. The summed E-state index contributed by atoms with van der Waals surface area (Å²) in [5, 5.41) is 4.91. The van der Waals surface area contributed by atoms with E-state index in [-0.39, 0.29) is 5.54 Å². The minimum atomic E-state index is 0.115. The Balaban J connectivity index is 2.07. The van der Waals surface area contributed by atoms with Gasteiger partial charge in [0.2, 0.25) is 0 Å². The molecule has 0 bridgehead atoms. The minimum absolute atomic E-state index is 0.115.